The van der Waals surface area contributed by atoms with E-state index in [0.29, 0.717) is 0 Å². The minimum Gasteiger partial charge on any atom is -0.550 e. The fourth-order valence-corrected chi connectivity index (χ4v) is 0.684. The third-order valence-corrected chi connectivity index (χ3v) is 1.25. The van der Waals surface area contributed by atoms with Crippen LogP contribution in [0.15, 0.2) is 0 Å². The Bertz CT molecular complexity index is 235. The maximum absolute atomic E-state index is 10.1. The molecule has 0 aliphatic carbocycles. The Balaban J connectivity index is -0.000000120. The summed E-state index contributed by atoms with van der Waals surface area (Å²) in [6.45, 7) is 0. The van der Waals surface area contributed by atoms with Gasteiger partial charge < -0.3 is 51.2 Å². The first kappa shape index (κ1) is 29.8. The fourth-order valence-electron chi connectivity index (χ4n) is 0.684. The van der Waals surface area contributed by atoms with Gasteiger partial charge in [0.05, 0.1) is 5.97 Å². The second-order valence-corrected chi connectivity index (χ2v) is 2.42. The minimum absolute atomic E-state index is 0. The van der Waals surface area contributed by atoms with Gasteiger partial charge in [-0.1, -0.05) is 0 Å². The number of carbonyl (C=O) groups is 3. The zero-order chi connectivity index (χ0) is 10.6. The van der Waals surface area contributed by atoms with Crippen molar-refractivity contribution in [2.45, 2.75) is 18.4 Å². The molecular weight excluding hydrogens is 439 g/mol. The number of hydrogen-bond donors (Lipinski definition) is 1. The molecule has 0 unspecified atom stereocenters. The van der Waals surface area contributed by atoms with Crippen molar-refractivity contribution >= 4 is 45.2 Å². The first-order valence-corrected chi connectivity index (χ1v) is 3.11. The van der Waals surface area contributed by atoms with E-state index >= 15 is 0 Å². The standard InChI is InChI=1S/C6H8O7.3H2O.Pb/c7-3(8)1-6(13,5(11)12)2-4(9)10;;;;/h13H,1-2H2,(H,7,8)(H,9,10)(H,11,12);3*1H2;/p-3. The van der Waals surface area contributed by atoms with Crippen LogP contribution in [0.5, 0.6) is 0 Å². The van der Waals surface area contributed by atoms with E-state index in [1.165, 1.54) is 0 Å². The molecule has 17 heavy (non-hydrogen) atoms. The average molecular weight is 450 g/mol. The van der Waals surface area contributed by atoms with Crippen molar-refractivity contribution in [1.82, 2.24) is 0 Å². The molecule has 10 nitrogen and oxygen atoms in total. The van der Waals surface area contributed by atoms with E-state index in [-0.39, 0.29) is 43.7 Å². The van der Waals surface area contributed by atoms with Crippen molar-refractivity contribution < 1.29 is 51.2 Å². The van der Waals surface area contributed by atoms with Crippen molar-refractivity contribution in [3.8, 4) is 0 Å². The SMILES string of the molecule is O.O.O.O=C([O-])CC(O)(CC(=O)[O-])C(=O)[O-].[Pb]. The summed E-state index contributed by atoms with van der Waals surface area (Å²) in [6.07, 6.45) is -2.72. The smallest absolute Gasteiger partial charge is 0.114 e. The topological polar surface area (TPSA) is 235 Å². The van der Waals surface area contributed by atoms with Crippen molar-refractivity contribution in [2.24, 2.45) is 0 Å². The van der Waals surface area contributed by atoms with E-state index in [1.54, 1.807) is 0 Å². The monoisotopic (exact) mass is 451 g/mol. The van der Waals surface area contributed by atoms with Crippen molar-refractivity contribution in [2.75, 3.05) is 0 Å². The molecule has 0 aromatic heterocycles. The molecule has 0 aromatic rings. The van der Waals surface area contributed by atoms with E-state index in [2.05, 4.69) is 0 Å². The molecule has 11 heteroatoms. The van der Waals surface area contributed by atoms with E-state index in [4.69, 9.17) is 5.11 Å². The summed E-state index contributed by atoms with van der Waals surface area (Å²) >= 11 is 0. The van der Waals surface area contributed by atoms with E-state index in [9.17, 15) is 29.7 Å². The summed E-state index contributed by atoms with van der Waals surface area (Å²) < 4.78 is 0. The quantitative estimate of drug-likeness (QED) is 0.396. The summed E-state index contributed by atoms with van der Waals surface area (Å²) in [7, 11) is 0. The Morgan fingerprint density at radius 3 is 1.24 bits per heavy atom. The second kappa shape index (κ2) is 11.7. The van der Waals surface area contributed by atoms with Crippen LogP contribution in [0, 0.1) is 0 Å². The van der Waals surface area contributed by atoms with Gasteiger partial charge in [-0.05, 0) is 0 Å². The predicted octanol–water partition coefficient (Wildman–Crippen LogP) is -8.11. The number of carbonyl (C=O) groups excluding carboxylic acids is 3. The maximum atomic E-state index is 10.1. The Hall–Kier alpha value is -0.828. The van der Waals surface area contributed by atoms with Gasteiger partial charge in [0.2, 0.25) is 0 Å². The van der Waals surface area contributed by atoms with Gasteiger partial charge in [-0.3, -0.25) is 0 Å². The van der Waals surface area contributed by atoms with Crippen LogP contribution in [0.25, 0.3) is 0 Å². The van der Waals surface area contributed by atoms with Crippen LogP contribution < -0.4 is 15.3 Å². The molecule has 7 N–H and O–H groups in total. The number of hydrogen-bond acceptors (Lipinski definition) is 7. The first-order valence-electron chi connectivity index (χ1n) is 3.11. The molecule has 0 fully saturated rings. The maximum Gasteiger partial charge on any atom is 0.114 e. The number of rotatable bonds is 5. The first-order chi connectivity index (χ1) is 5.78. The minimum atomic E-state index is -2.97. The zero-order valence-electron chi connectivity index (χ0n) is 8.31. The molecule has 0 spiro atoms. The Morgan fingerprint density at radius 2 is 1.12 bits per heavy atom. The van der Waals surface area contributed by atoms with Crippen LogP contribution in [-0.4, -0.2) is 72.3 Å². The van der Waals surface area contributed by atoms with Gasteiger partial charge in [0.15, 0.2) is 0 Å². The second-order valence-electron chi connectivity index (χ2n) is 2.42. The number of aliphatic hydroxyl groups is 1. The molecule has 102 valence electrons. The van der Waals surface area contributed by atoms with Gasteiger partial charge >= 0.3 is 0 Å². The number of aliphatic carboxylic acids is 3. The molecule has 0 aliphatic rings. The van der Waals surface area contributed by atoms with Crippen molar-refractivity contribution in [1.29, 1.82) is 0 Å². The molecule has 4 radical (unpaired) electrons. The van der Waals surface area contributed by atoms with E-state index in [1.807, 2.05) is 0 Å². The van der Waals surface area contributed by atoms with Crippen LogP contribution in [0.3, 0.4) is 0 Å². The normalized spacial score (nSPS) is 8.29. The summed E-state index contributed by atoms with van der Waals surface area (Å²) in [6, 6.07) is 0. The van der Waals surface area contributed by atoms with Crippen LogP contribution in [0.1, 0.15) is 12.8 Å². The van der Waals surface area contributed by atoms with Gasteiger partial charge in [-0.25, -0.2) is 0 Å². The third kappa shape index (κ3) is 11.4. The Kier molecular flexibility index (Phi) is 20.4. The molecule has 0 bridgehead atoms. The fraction of sp³-hybridized carbons (Fsp3) is 0.500. The van der Waals surface area contributed by atoms with Crippen molar-refractivity contribution in [3.63, 3.8) is 0 Å². The molecule has 0 saturated carbocycles. The number of carboxylic acid groups (broad SMARTS) is 3. The molecular formula is C6H11O10Pb-3. The Morgan fingerprint density at radius 1 is 0.882 bits per heavy atom. The summed E-state index contributed by atoms with van der Waals surface area (Å²) in [5.41, 5.74) is -2.97. The van der Waals surface area contributed by atoms with E-state index in [0.717, 1.165) is 0 Å². The largest absolute Gasteiger partial charge is 0.550 e. The number of carboxylic acids is 3. The summed E-state index contributed by atoms with van der Waals surface area (Å²) in [4.78, 5) is 30.0. The molecule has 0 atom stereocenters. The third-order valence-electron chi connectivity index (χ3n) is 1.25. The predicted molar refractivity (Wildman–Crippen MR) is 45.8 cm³/mol. The molecule has 0 aromatic carbocycles. The van der Waals surface area contributed by atoms with Gasteiger partial charge in [0.1, 0.15) is 5.60 Å². The van der Waals surface area contributed by atoms with Gasteiger partial charge in [-0.2, -0.15) is 0 Å². The average Bonchev–Trinajstić information content (AvgIpc) is 1.82. The zero-order valence-corrected chi connectivity index (χ0v) is 12.2. The summed E-state index contributed by atoms with van der Waals surface area (Å²) in [5.74, 6) is -5.98. The molecule has 0 saturated heterocycles. The molecule has 0 rings (SSSR count). The summed E-state index contributed by atoms with van der Waals surface area (Å²) in [5, 5.41) is 38.9. The van der Waals surface area contributed by atoms with Crippen LogP contribution >= 0.6 is 0 Å². The van der Waals surface area contributed by atoms with Gasteiger partial charge in [-0.15, -0.1) is 0 Å². The van der Waals surface area contributed by atoms with Gasteiger partial charge in [0.25, 0.3) is 0 Å². The molecule has 0 aliphatic heterocycles. The van der Waals surface area contributed by atoms with Crippen LogP contribution in [-0.2, 0) is 14.4 Å². The Labute approximate surface area is 115 Å². The van der Waals surface area contributed by atoms with Crippen LogP contribution in [0.2, 0.25) is 0 Å². The van der Waals surface area contributed by atoms with Crippen LogP contribution in [0.4, 0.5) is 0 Å². The molecule has 0 amide bonds. The van der Waals surface area contributed by atoms with Crippen molar-refractivity contribution in [3.05, 3.63) is 0 Å². The molecule has 0 heterocycles. The van der Waals surface area contributed by atoms with Gasteiger partial charge in [0, 0.05) is 52.1 Å². The van der Waals surface area contributed by atoms with E-state index < -0.39 is 36.4 Å².